The molecule has 20 heavy (non-hydrogen) atoms. The van der Waals surface area contributed by atoms with E-state index < -0.39 is 6.10 Å². The minimum atomic E-state index is -0.763. The average molecular weight is 313 g/mol. The summed E-state index contributed by atoms with van der Waals surface area (Å²) in [5, 5.41) is 13.1. The van der Waals surface area contributed by atoms with Crippen molar-refractivity contribution in [1.29, 1.82) is 0 Å². The number of aliphatic hydroxyl groups is 1. The van der Waals surface area contributed by atoms with Crippen molar-refractivity contribution in [2.24, 2.45) is 0 Å². The minimum Gasteiger partial charge on any atom is -0.493 e. The third-order valence-corrected chi connectivity index (χ3v) is 5.01. The summed E-state index contributed by atoms with van der Waals surface area (Å²) in [5.74, 6) is 1.24. The Balaban J connectivity index is 2.49. The molecule has 1 atom stereocenters. The third-order valence-electron chi connectivity index (χ3n) is 3.24. The van der Waals surface area contributed by atoms with Crippen molar-refractivity contribution in [3.63, 3.8) is 0 Å². The fourth-order valence-electron chi connectivity index (χ4n) is 2.07. The second-order valence-electron chi connectivity index (χ2n) is 4.56. The highest BCUT2D eigenvalue weighted by Crippen LogP contribution is 2.39. The number of hydrogen-bond donors (Lipinski definition) is 1. The Morgan fingerprint density at radius 3 is 2.20 bits per heavy atom. The maximum Gasteiger partial charge on any atom is 0.161 e. The molecule has 0 fully saturated rings. The molecule has 0 radical (unpaired) electrons. The van der Waals surface area contributed by atoms with Gasteiger partial charge in [-0.3, -0.25) is 0 Å². The molecule has 1 aromatic heterocycles. The van der Waals surface area contributed by atoms with Gasteiger partial charge in [0.05, 0.1) is 24.1 Å². The number of rotatable bonds is 4. The Labute approximate surface area is 127 Å². The van der Waals surface area contributed by atoms with Crippen LogP contribution >= 0.6 is 22.9 Å². The number of thiophene rings is 1. The van der Waals surface area contributed by atoms with E-state index in [0.29, 0.717) is 16.5 Å². The number of halogens is 1. The fraction of sp³-hybridized carbons (Fsp3) is 0.333. The van der Waals surface area contributed by atoms with Gasteiger partial charge in [0.25, 0.3) is 0 Å². The van der Waals surface area contributed by atoms with Crippen LogP contribution in [-0.4, -0.2) is 19.3 Å². The van der Waals surface area contributed by atoms with E-state index in [9.17, 15) is 5.11 Å². The molecular formula is C15H17ClO3S. The van der Waals surface area contributed by atoms with Gasteiger partial charge < -0.3 is 14.6 Å². The lowest BCUT2D eigenvalue weighted by Crippen LogP contribution is -2.03. The molecule has 0 aliphatic rings. The summed E-state index contributed by atoms with van der Waals surface area (Å²) in [6.07, 6.45) is -0.763. The molecule has 1 aromatic carbocycles. The lowest BCUT2D eigenvalue weighted by Gasteiger charge is -2.16. The summed E-state index contributed by atoms with van der Waals surface area (Å²) in [5.41, 5.74) is 2.67. The standard InChI is InChI=1S/C15H17ClO3S/c1-8-5-11(18-3)12(19-4)6-10(8)14(17)15-13(16)9(2)7-20-15/h5-7,14,17H,1-4H3. The van der Waals surface area contributed by atoms with Crippen LogP contribution in [-0.2, 0) is 0 Å². The van der Waals surface area contributed by atoms with E-state index in [1.54, 1.807) is 20.3 Å². The second-order valence-corrected chi connectivity index (χ2v) is 5.85. The monoisotopic (exact) mass is 312 g/mol. The van der Waals surface area contributed by atoms with E-state index in [2.05, 4.69) is 0 Å². The Bertz CT molecular complexity index is 622. The number of hydrogen-bond acceptors (Lipinski definition) is 4. The van der Waals surface area contributed by atoms with Crippen LogP contribution in [0.25, 0.3) is 0 Å². The Kier molecular flexibility index (Phi) is 4.58. The van der Waals surface area contributed by atoms with Crippen molar-refractivity contribution in [1.82, 2.24) is 0 Å². The van der Waals surface area contributed by atoms with Gasteiger partial charge in [-0.15, -0.1) is 11.3 Å². The summed E-state index contributed by atoms with van der Waals surface area (Å²) < 4.78 is 10.5. The predicted molar refractivity (Wildman–Crippen MR) is 82.4 cm³/mol. The van der Waals surface area contributed by atoms with E-state index in [1.807, 2.05) is 25.3 Å². The molecule has 1 N–H and O–H groups in total. The highest BCUT2D eigenvalue weighted by atomic mass is 35.5. The van der Waals surface area contributed by atoms with Crippen molar-refractivity contribution in [3.05, 3.63) is 44.1 Å². The summed E-state index contributed by atoms with van der Waals surface area (Å²) in [7, 11) is 3.17. The molecule has 1 heterocycles. The van der Waals surface area contributed by atoms with Gasteiger partial charge in [0.1, 0.15) is 6.10 Å². The largest absolute Gasteiger partial charge is 0.493 e. The van der Waals surface area contributed by atoms with E-state index in [0.717, 1.165) is 21.6 Å². The van der Waals surface area contributed by atoms with Crippen LogP contribution < -0.4 is 9.47 Å². The first-order valence-corrected chi connectivity index (χ1v) is 7.39. The maximum atomic E-state index is 10.6. The van der Waals surface area contributed by atoms with Gasteiger partial charge in [-0.05, 0) is 48.1 Å². The van der Waals surface area contributed by atoms with Crippen molar-refractivity contribution >= 4 is 22.9 Å². The van der Waals surface area contributed by atoms with E-state index in [-0.39, 0.29) is 0 Å². The Hall–Kier alpha value is -1.23. The van der Waals surface area contributed by atoms with Gasteiger partial charge in [0, 0.05) is 0 Å². The molecule has 3 nitrogen and oxygen atoms in total. The zero-order valence-electron chi connectivity index (χ0n) is 11.9. The molecule has 5 heteroatoms. The van der Waals surface area contributed by atoms with Gasteiger partial charge in [-0.1, -0.05) is 11.6 Å². The lowest BCUT2D eigenvalue weighted by molar-refractivity contribution is 0.222. The topological polar surface area (TPSA) is 38.7 Å². The van der Waals surface area contributed by atoms with Crippen molar-refractivity contribution < 1.29 is 14.6 Å². The molecule has 0 bridgehead atoms. The van der Waals surface area contributed by atoms with Crippen LogP contribution in [0, 0.1) is 13.8 Å². The molecule has 0 amide bonds. The Morgan fingerprint density at radius 1 is 1.10 bits per heavy atom. The molecular weight excluding hydrogens is 296 g/mol. The molecule has 1 unspecified atom stereocenters. The van der Waals surface area contributed by atoms with E-state index >= 15 is 0 Å². The van der Waals surface area contributed by atoms with E-state index in [4.69, 9.17) is 21.1 Å². The number of methoxy groups -OCH3 is 2. The van der Waals surface area contributed by atoms with Gasteiger partial charge >= 0.3 is 0 Å². The van der Waals surface area contributed by atoms with Gasteiger partial charge in [-0.25, -0.2) is 0 Å². The van der Waals surface area contributed by atoms with Crippen LogP contribution in [0.1, 0.15) is 27.7 Å². The molecule has 2 rings (SSSR count). The van der Waals surface area contributed by atoms with Crippen LogP contribution in [0.3, 0.4) is 0 Å². The first-order chi connectivity index (χ1) is 9.49. The summed E-state index contributed by atoms with van der Waals surface area (Å²) in [6.45, 7) is 3.85. The first-order valence-electron chi connectivity index (χ1n) is 6.13. The SMILES string of the molecule is COc1cc(C)c(C(O)c2scc(C)c2Cl)cc1OC. The van der Waals surface area contributed by atoms with Crippen molar-refractivity contribution in [2.45, 2.75) is 20.0 Å². The minimum absolute atomic E-state index is 0.594. The van der Waals surface area contributed by atoms with Crippen molar-refractivity contribution in [3.8, 4) is 11.5 Å². The molecule has 0 aliphatic heterocycles. The van der Waals surface area contributed by atoms with Gasteiger partial charge in [0.2, 0.25) is 0 Å². The average Bonchev–Trinajstić information content (AvgIpc) is 2.78. The predicted octanol–water partition coefficient (Wildman–Crippen LogP) is 4.12. The maximum absolute atomic E-state index is 10.6. The third kappa shape index (κ3) is 2.64. The molecule has 108 valence electrons. The van der Waals surface area contributed by atoms with Crippen LogP contribution in [0.5, 0.6) is 11.5 Å². The highest BCUT2D eigenvalue weighted by molar-refractivity contribution is 7.10. The Morgan fingerprint density at radius 2 is 1.70 bits per heavy atom. The molecule has 0 saturated heterocycles. The summed E-state index contributed by atoms with van der Waals surface area (Å²) >= 11 is 7.69. The van der Waals surface area contributed by atoms with Crippen LogP contribution in [0.2, 0.25) is 5.02 Å². The fourth-order valence-corrected chi connectivity index (χ4v) is 3.36. The zero-order chi connectivity index (χ0) is 14.9. The van der Waals surface area contributed by atoms with Gasteiger partial charge in [-0.2, -0.15) is 0 Å². The molecule has 0 saturated carbocycles. The second kappa shape index (κ2) is 6.04. The summed E-state index contributed by atoms with van der Waals surface area (Å²) in [4.78, 5) is 0.750. The number of benzene rings is 1. The van der Waals surface area contributed by atoms with Crippen molar-refractivity contribution in [2.75, 3.05) is 14.2 Å². The molecule has 0 aliphatic carbocycles. The summed E-state index contributed by atoms with van der Waals surface area (Å²) in [6, 6.07) is 3.65. The first kappa shape index (κ1) is 15.2. The van der Waals surface area contributed by atoms with Crippen LogP contribution in [0.4, 0.5) is 0 Å². The molecule has 0 spiro atoms. The molecule has 2 aromatic rings. The highest BCUT2D eigenvalue weighted by Gasteiger charge is 2.21. The number of aliphatic hydroxyl groups excluding tert-OH is 1. The smallest absolute Gasteiger partial charge is 0.161 e. The van der Waals surface area contributed by atoms with E-state index in [1.165, 1.54) is 11.3 Å². The normalized spacial score (nSPS) is 12.3. The lowest BCUT2D eigenvalue weighted by atomic mass is 10.0. The number of aryl methyl sites for hydroxylation is 2. The zero-order valence-corrected chi connectivity index (χ0v) is 13.4. The number of ether oxygens (including phenoxy) is 2. The van der Waals surface area contributed by atoms with Gasteiger partial charge in [0.15, 0.2) is 11.5 Å². The van der Waals surface area contributed by atoms with Crippen LogP contribution in [0.15, 0.2) is 17.5 Å². The quantitative estimate of drug-likeness (QED) is 0.923.